The van der Waals surface area contributed by atoms with Gasteiger partial charge in [-0.05, 0) is 102 Å². The summed E-state index contributed by atoms with van der Waals surface area (Å²) in [6.45, 7) is 4.59. The molecule has 11 rings (SSSR count). The SMILES string of the molecule is CC1(C)c2ccccc2Oc2ccc(-c3ccc(-c4ccc5c(c4)C4(c6ccccc6-5)c5ccccc5-c5c4ccc4ccccc54)cc3)cc21. The van der Waals surface area contributed by atoms with E-state index in [2.05, 4.69) is 178 Å². The lowest BCUT2D eigenvalue weighted by Gasteiger charge is -2.34. The van der Waals surface area contributed by atoms with Crippen LogP contribution < -0.4 is 4.74 Å². The van der Waals surface area contributed by atoms with E-state index >= 15 is 0 Å². The van der Waals surface area contributed by atoms with E-state index in [1.54, 1.807) is 0 Å². The fourth-order valence-corrected chi connectivity index (χ4v) is 9.56. The molecule has 0 saturated carbocycles. The quantitative estimate of drug-likeness (QED) is 0.181. The molecule has 0 saturated heterocycles. The van der Waals surface area contributed by atoms with Crippen LogP contribution in [0.1, 0.15) is 47.2 Å². The van der Waals surface area contributed by atoms with Gasteiger partial charge in [-0.15, -0.1) is 0 Å². The molecule has 0 bridgehead atoms. The van der Waals surface area contributed by atoms with E-state index in [9.17, 15) is 0 Å². The highest BCUT2D eigenvalue weighted by Gasteiger charge is 2.52. The predicted octanol–water partition coefficient (Wildman–Crippen LogP) is 12.9. The van der Waals surface area contributed by atoms with Crippen LogP contribution in [0, 0.1) is 0 Å². The Labute approximate surface area is 298 Å². The van der Waals surface area contributed by atoms with Gasteiger partial charge in [0.05, 0.1) is 5.41 Å². The minimum atomic E-state index is -0.380. The Morgan fingerprint density at radius 3 is 1.71 bits per heavy atom. The van der Waals surface area contributed by atoms with Crippen molar-refractivity contribution in [1.82, 2.24) is 0 Å². The standard InChI is InChI=1S/C50H34O/c1-49(2)42-17-9-10-18-46(42)51-47-28-25-35(30-45(47)49)32-21-19-31(20-22-32)34-23-26-38-37-13-5-7-15-40(37)50(44(38)29-34)41-16-8-6-14-39(41)48-36-12-4-3-11-33(36)24-27-43(48)50/h3-30H,1-2H3. The summed E-state index contributed by atoms with van der Waals surface area (Å²) in [5.41, 5.74) is 17.6. The summed E-state index contributed by atoms with van der Waals surface area (Å²) in [5, 5.41) is 2.60. The van der Waals surface area contributed by atoms with Crippen LogP contribution in [0.25, 0.3) is 55.3 Å². The summed E-state index contributed by atoms with van der Waals surface area (Å²) < 4.78 is 6.35. The largest absolute Gasteiger partial charge is 0.457 e. The van der Waals surface area contributed by atoms with E-state index in [-0.39, 0.29) is 10.8 Å². The van der Waals surface area contributed by atoms with Crippen molar-refractivity contribution in [3.8, 4) is 56.0 Å². The van der Waals surface area contributed by atoms with Crippen molar-refractivity contribution in [3.63, 3.8) is 0 Å². The Hall–Kier alpha value is -6.18. The second-order valence-electron chi connectivity index (χ2n) is 14.8. The van der Waals surface area contributed by atoms with Crippen molar-refractivity contribution in [2.24, 2.45) is 0 Å². The number of hydrogen-bond donors (Lipinski definition) is 0. The summed E-state index contributed by atoms with van der Waals surface area (Å²) >= 11 is 0. The van der Waals surface area contributed by atoms with Crippen LogP contribution in [-0.4, -0.2) is 0 Å². The lowest BCUT2D eigenvalue weighted by Crippen LogP contribution is -2.25. The van der Waals surface area contributed by atoms with Crippen molar-refractivity contribution >= 4 is 10.8 Å². The molecule has 1 aliphatic heterocycles. The predicted molar refractivity (Wildman–Crippen MR) is 210 cm³/mol. The highest BCUT2D eigenvalue weighted by atomic mass is 16.5. The van der Waals surface area contributed by atoms with E-state index in [4.69, 9.17) is 4.74 Å². The van der Waals surface area contributed by atoms with Crippen LogP contribution in [0.4, 0.5) is 0 Å². The first kappa shape index (κ1) is 28.6. The van der Waals surface area contributed by atoms with Crippen molar-refractivity contribution < 1.29 is 4.74 Å². The fraction of sp³-hybridized carbons (Fsp3) is 0.0800. The van der Waals surface area contributed by atoms with E-state index in [0.717, 1.165) is 11.5 Å². The number of rotatable bonds is 2. The van der Waals surface area contributed by atoms with Crippen molar-refractivity contribution in [1.29, 1.82) is 0 Å². The van der Waals surface area contributed by atoms with Crippen LogP contribution in [0.2, 0.25) is 0 Å². The second-order valence-corrected chi connectivity index (χ2v) is 14.8. The maximum absolute atomic E-state index is 6.35. The van der Waals surface area contributed by atoms with E-state index in [0.29, 0.717) is 0 Å². The lowest BCUT2D eigenvalue weighted by molar-refractivity contribution is 0.418. The van der Waals surface area contributed by atoms with Crippen molar-refractivity contribution in [2.45, 2.75) is 24.7 Å². The summed E-state index contributed by atoms with van der Waals surface area (Å²) in [5.74, 6) is 1.89. The van der Waals surface area contributed by atoms with Gasteiger partial charge in [-0.3, -0.25) is 0 Å². The molecule has 8 aromatic carbocycles. The van der Waals surface area contributed by atoms with Crippen LogP contribution in [0.15, 0.2) is 170 Å². The molecule has 1 heterocycles. The molecule has 1 nitrogen and oxygen atoms in total. The minimum Gasteiger partial charge on any atom is -0.457 e. The highest BCUT2D eigenvalue weighted by molar-refractivity contribution is 6.06. The molecular weight excluding hydrogens is 617 g/mol. The zero-order valence-corrected chi connectivity index (χ0v) is 28.6. The van der Waals surface area contributed by atoms with E-state index in [1.165, 1.54) is 88.7 Å². The molecule has 0 radical (unpaired) electrons. The minimum absolute atomic E-state index is 0.151. The molecule has 1 spiro atoms. The highest BCUT2D eigenvalue weighted by Crippen LogP contribution is 2.64. The molecule has 1 atom stereocenters. The van der Waals surface area contributed by atoms with Crippen molar-refractivity contribution in [3.05, 3.63) is 203 Å². The van der Waals surface area contributed by atoms with Gasteiger partial charge < -0.3 is 4.74 Å². The Kier molecular flexibility index (Phi) is 5.72. The van der Waals surface area contributed by atoms with Crippen molar-refractivity contribution in [2.75, 3.05) is 0 Å². The average molecular weight is 651 g/mol. The molecule has 3 aliphatic rings. The molecule has 0 aromatic heterocycles. The maximum atomic E-state index is 6.35. The number of hydrogen-bond acceptors (Lipinski definition) is 1. The summed E-state index contributed by atoms with van der Waals surface area (Å²) in [7, 11) is 0. The molecule has 0 fully saturated rings. The van der Waals surface area contributed by atoms with Gasteiger partial charge in [-0.2, -0.15) is 0 Å². The van der Waals surface area contributed by atoms with E-state index < -0.39 is 0 Å². The third-order valence-corrected chi connectivity index (χ3v) is 12.0. The monoisotopic (exact) mass is 650 g/mol. The van der Waals surface area contributed by atoms with Gasteiger partial charge in [0, 0.05) is 16.5 Å². The first-order valence-corrected chi connectivity index (χ1v) is 17.9. The zero-order valence-electron chi connectivity index (χ0n) is 28.6. The average Bonchev–Trinajstić information content (AvgIpc) is 3.65. The smallest absolute Gasteiger partial charge is 0.131 e. The summed E-state index contributed by atoms with van der Waals surface area (Å²) in [4.78, 5) is 0. The molecule has 1 heteroatoms. The normalized spacial score (nSPS) is 16.8. The topological polar surface area (TPSA) is 9.23 Å². The number of benzene rings is 8. The van der Waals surface area contributed by atoms with Gasteiger partial charge in [-0.25, -0.2) is 0 Å². The second kappa shape index (κ2) is 10.2. The lowest BCUT2D eigenvalue weighted by atomic mass is 9.70. The van der Waals surface area contributed by atoms with Gasteiger partial charge in [0.1, 0.15) is 11.5 Å². The number of ether oxygens (including phenoxy) is 1. The third-order valence-electron chi connectivity index (χ3n) is 12.0. The first-order chi connectivity index (χ1) is 25.0. The molecule has 0 amide bonds. The zero-order chi connectivity index (χ0) is 33.9. The molecule has 1 unspecified atom stereocenters. The van der Waals surface area contributed by atoms with Gasteiger partial charge in [0.15, 0.2) is 0 Å². The summed E-state index contributed by atoms with van der Waals surface area (Å²) in [6, 6.07) is 63.0. The third kappa shape index (κ3) is 3.76. The van der Waals surface area contributed by atoms with Gasteiger partial charge in [-0.1, -0.05) is 159 Å². The van der Waals surface area contributed by atoms with Crippen LogP contribution in [0.3, 0.4) is 0 Å². The summed E-state index contributed by atoms with van der Waals surface area (Å²) in [6.07, 6.45) is 0. The Balaban J connectivity index is 1.05. The number of fused-ring (bicyclic) bond motifs is 14. The molecule has 0 N–H and O–H groups in total. The molecule has 51 heavy (non-hydrogen) atoms. The first-order valence-electron chi connectivity index (χ1n) is 17.9. The van der Waals surface area contributed by atoms with Crippen LogP contribution in [0.5, 0.6) is 11.5 Å². The molecular formula is C50H34O. The number of para-hydroxylation sites is 1. The van der Waals surface area contributed by atoms with E-state index in [1.807, 2.05) is 6.07 Å². The Morgan fingerprint density at radius 1 is 0.373 bits per heavy atom. The van der Waals surface area contributed by atoms with Gasteiger partial charge >= 0.3 is 0 Å². The molecule has 240 valence electrons. The molecule has 2 aliphatic carbocycles. The molecule has 8 aromatic rings. The Bertz CT molecular complexity index is 2750. The Morgan fingerprint density at radius 2 is 0.922 bits per heavy atom. The van der Waals surface area contributed by atoms with Gasteiger partial charge in [0.2, 0.25) is 0 Å². The van der Waals surface area contributed by atoms with Gasteiger partial charge in [0.25, 0.3) is 0 Å². The fourth-order valence-electron chi connectivity index (χ4n) is 9.56. The maximum Gasteiger partial charge on any atom is 0.131 e. The van der Waals surface area contributed by atoms with Crippen LogP contribution in [-0.2, 0) is 10.8 Å². The van der Waals surface area contributed by atoms with Crippen LogP contribution >= 0.6 is 0 Å².